The number of amides is 1. The molecule has 3 N–H and O–H groups in total. The third-order valence-electron chi connectivity index (χ3n) is 1.90. The van der Waals surface area contributed by atoms with Crippen LogP contribution in [0.5, 0.6) is 0 Å². The fraction of sp³-hybridized carbons (Fsp3) is 0.909. The summed E-state index contributed by atoms with van der Waals surface area (Å²) in [6.07, 6.45) is 0.546. The lowest BCUT2D eigenvalue weighted by Crippen LogP contribution is -2.34. The van der Waals surface area contributed by atoms with Crippen molar-refractivity contribution in [1.82, 2.24) is 10.2 Å². The summed E-state index contributed by atoms with van der Waals surface area (Å²) < 4.78 is 5.11. The third-order valence-corrected chi connectivity index (χ3v) is 1.90. The first-order valence-electron chi connectivity index (χ1n) is 5.70. The second kappa shape index (κ2) is 7.46. The second-order valence-corrected chi connectivity index (χ2v) is 4.87. The van der Waals surface area contributed by atoms with Gasteiger partial charge in [0.1, 0.15) is 5.60 Å². The predicted octanol–water partition coefficient (Wildman–Crippen LogP) is 0.792. The Balaban J connectivity index is 3.48. The molecule has 96 valence electrons. The number of likely N-dealkylation sites (N-methyl/N-ethyl adjacent to an activating group) is 1. The van der Waals surface area contributed by atoms with Crippen molar-refractivity contribution in [3.05, 3.63) is 0 Å². The van der Waals surface area contributed by atoms with Gasteiger partial charge in [-0.25, -0.2) is 4.79 Å². The number of ether oxygens (including phenoxy) is 1. The molecule has 0 aromatic carbocycles. The zero-order chi connectivity index (χ0) is 12.6. The van der Waals surface area contributed by atoms with Gasteiger partial charge in [0.05, 0.1) is 0 Å². The SMILES string of the molecule is CN(CCN)CCCNC(=O)OC(C)(C)C. The summed E-state index contributed by atoms with van der Waals surface area (Å²) in [7, 11) is 2.01. The molecule has 0 unspecified atom stereocenters. The van der Waals surface area contributed by atoms with E-state index in [1.165, 1.54) is 0 Å². The summed E-state index contributed by atoms with van der Waals surface area (Å²) >= 11 is 0. The summed E-state index contributed by atoms with van der Waals surface area (Å²) in [5.41, 5.74) is 4.99. The lowest BCUT2D eigenvalue weighted by Gasteiger charge is -2.20. The molecule has 0 atom stereocenters. The zero-order valence-corrected chi connectivity index (χ0v) is 10.9. The minimum Gasteiger partial charge on any atom is -0.444 e. The van der Waals surface area contributed by atoms with E-state index in [1.807, 2.05) is 27.8 Å². The number of carbonyl (C=O) groups is 1. The summed E-state index contributed by atoms with van der Waals surface area (Å²) in [4.78, 5) is 13.4. The number of nitrogens with one attached hydrogen (secondary N) is 1. The molecule has 0 bridgehead atoms. The van der Waals surface area contributed by atoms with Gasteiger partial charge in [-0.1, -0.05) is 0 Å². The molecule has 1 amide bonds. The molecule has 0 spiro atoms. The molecular formula is C11H25N3O2. The van der Waals surface area contributed by atoms with Gasteiger partial charge < -0.3 is 20.7 Å². The maximum Gasteiger partial charge on any atom is 0.407 e. The van der Waals surface area contributed by atoms with Crippen LogP contribution in [-0.2, 0) is 4.74 Å². The van der Waals surface area contributed by atoms with Crippen molar-refractivity contribution in [1.29, 1.82) is 0 Å². The molecule has 5 nitrogen and oxygen atoms in total. The van der Waals surface area contributed by atoms with E-state index < -0.39 is 5.60 Å². The van der Waals surface area contributed by atoms with Gasteiger partial charge >= 0.3 is 6.09 Å². The molecule has 0 fully saturated rings. The van der Waals surface area contributed by atoms with Gasteiger partial charge in [0.25, 0.3) is 0 Å². The molecule has 0 aliphatic carbocycles. The molecule has 0 saturated carbocycles. The molecule has 0 aliphatic rings. The standard InChI is InChI=1S/C11H25N3O2/c1-11(2,3)16-10(15)13-7-5-8-14(4)9-6-12/h5-9,12H2,1-4H3,(H,13,15). The minimum absolute atomic E-state index is 0.353. The summed E-state index contributed by atoms with van der Waals surface area (Å²) in [6, 6.07) is 0. The highest BCUT2D eigenvalue weighted by atomic mass is 16.6. The molecule has 0 aromatic rings. The Bertz CT molecular complexity index is 202. The van der Waals surface area contributed by atoms with Crippen molar-refractivity contribution in [2.45, 2.75) is 32.8 Å². The number of hydrogen-bond acceptors (Lipinski definition) is 4. The van der Waals surface area contributed by atoms with E-state index in [9.17, 15) is 4.79 Å². The van der Waals surface area contributed by atoms with E-state index in [1.54, 1.807) is 0 Å². The van der Waals surface area contributed by atoms with E-state index in [2.05, 4.69) is 10.2 Å². The van der Waals surface area contributed by atoms with Crippen LogP contribution in [-0.4, -0.2) is 49.8 Å². The first-order chi connectivity index (χ1) is 7.35. The van der Waals surface area contributed by atoms with Crippen LogP contribution < -0.4 is 11.1 Å². The molecule has 0 heterocycles. The summed E-state index contributed by atoms with van der Waals surface area (Å²) in [5, 5.41) is 2.72. The van der Waals surface area contributed by atoms with Crippen molar-refractivity contribution in [3.8, 4) is 0 Å². The van der Waals surface area contributed by atoms with E-state index >= 15 is 0 Å². The Labute approximate surface area is 98.3 Å². The van der Waals surface area contributed by atoms with Gasteiger partial charge in [-0.15, -0.1) is 0 Å². The lowest BCUT2D eigenvalue weighted by molar-refractivity contribution is 0.0526. The van der Waals surface area contributed by atoms with Gasteiger partial charge in [0.2, 0.25) is 0 Å². The summed E-state index contributed by atoms with van der Waals surface area (Å²) in [5.74, 6) is 0. The Kier molecular flexibility index (Phi) is 7.08. The molecular weight excluding hydrogens is 206 g/mol. The number of nitrogens with two attached hydrogens (primary N) is 1. The Morgan fingerprint density at radius 3 is 2.50 bits per heavy atom. The zero-order valence-electron chi connectivity index (χ0n) is 10.9. The molecule has 0 rings (SSSR count). The van der Waals surface area contributed by atoms with E-state index in [0.29, 0.717) is 13.1 Å². The highest BCUT2D eigenvalue weighted by Gasteiger charge is 2.15. The van der Waals surface area contributed by atoms with Gasteiger partial charge in [-0.3, -0.25) is 0 Å². The van der Waals surface area contributed by atoms with Crippen LogP contribution in [0, 0.1) is 0 Å². The van der Waals surface area contributed by atoms with Crippen molar-refractivity contribution in [2.75, 3.05) is 33.2 Å². The van der Waals surface area contributed by atoms with Gasteiger partial charge in [0, 0.05) is 19.6 Å². The first kappa shape index (κ1) is 15.2. The minimum atomic E-state index is -0.430. The highest BCUT2D eigenvalue weighted by molar-refractivity contribution is 5.67. The molecule has 0 radical (unpaired) electrons. The van der Waals surface area contributed by atoms with Crippen LogP contribution in [0.25, 0.3) is 0 Å². The quantitative estimate of drug-likeness (QED) is 0.663. The number of alkyl carbamates (subject to hydrolysis) is 1. The van der Waals surface area contributed by atoms with Crippen molar-refractivity contribution >= 4 is 6.09 Å². The van der Waals surface area contributed by atoms with Crippen molar-refractivity contribution in [3.63, 3.8) is 0 Å². The topological polar surface area (TPSA) is 67.6 Å². The second-order valence-electron chi connectivity index (χ2n) is 4.87. The lowest BCUT2D eigenvalue weighted by atomic mass is 10.2. The largest absolute Gasteiger partial charge is 0.444 e. The summed E-state index contributed by atoms with van der Waals surface area (Å²) in [6.45, 7) is 8.64. The van der Waals surface area contributed by atoms with Gasteiger partial charge in [-0.05, 0) is 40.8 Å². The number of nitrogens with zero attached hydrogens (tertiary/aromatic N) is 1. The Morgan fingerprint density at radius 1 is 1.38 bits per heavy atom. The van der Waals surface area contributed by atoms with E-state index in [4.69, 9.17) is 10.5 Å². The average Bonchev–Trinajstić information content (AvgIpc) is 2.10. The van der Waals surface area contributed by atoms with E-state index in [0.717, 1.165) is 19.5 Å². The highest BCUT2D eigenvalue weighted by Crippen LogP contribution is 2.06. The maximum absolute atomic E-state index is 11.3. The third kappa shape index (κ3) is 9.73. The van der Waals surface area contributed by atoms with Gasteiger partial charge in [-0.2, -0.15) is 0 Å². The fourth-order valence-corrected chi connectivity index (χ4v) is 1.19. The molecule has 0 aliphatic heterocycles. The smallest absolute Gasteiger partial charge is 0.407 e. The molecule has 5 heteroatoms. The van der Waals surface area contributed by atoms with Crippen molar-refractivity contribution < 1.29 is 9.53 Å². The van der Waals surface area contributed by atoms with Crippen LogP contribution in [0.15, 0.2) is 0 Å². The van der Waals surface area contributed by atoms with Crippen LogP contribution in [0.1, 0.15) is 27.2 Å². The Hall–Kier alpha value is -0.810. The van der Waals surface area contributed by atoms with Crippen LogP contribution >= 0.6 is 0 Å². The molecule has 16 heavy (non-hydrogen) atoms. The molecule has 0 aromatic heterocycles. The average molecular weight is 231 g/mol. The molecule has 0 saturated heterocycles. The first-order valence-corrected chi connectivity index (χ1v) is 5.70. The monoisotopic (exact) mass is 231 g/mol. The fourth-order valence-electron chi connectivity index (χ4n) is 1.19. The van der Waals surface area contributed by atoms with Crippen LogP contribution in [0.4, 0.5) is 4.79 Å². The van der Waals surface area contributed by atoms with Crippen LogP contribution in [0.3, 0.4) is 0 Å². The number of rotatable bonds is 6. The van der Waals surface area contributed by atoms with Crippen molar-refractivity contribution in [2.24, 2.45) is 5.73 Å². The van der Waals surface area contributed by atoms with Gasteiger partial charge in [0.15, 0.2) is 0 Å². The normalized spacial score (nSPS) is 11.6. The predicted molar refractivity (Wildman–Crippen MR) is 65.4 cm³/mol. The van der Waals surface area contributed by atoms with E-state index in [-0.39, 0.29) is 6.09 Å². The maximum atomic E-state index is 11.3. The Morgan fingerprint density at radius 2 is 2.00 bits per heavy atom. The number of hydrogen-bond donors (Lipinski definition) is 2. The number of carbonyl (C=O) groups excluding carboxylic acids is 1. The van der Waals surface area contributed by atoms with Crippen LogP contribution in [0.2, 0.25) is 0 Å².